The Hall–Kier alpha value is -3.20. The predicted octanol–water partition coefficient (Wildman–Crippen LogP) is 6.65. The van der Waals surface area contributed by atoms with Crippen molar-refractivity contribution in [3.05, 3.63) is 72.8 Å². The molecule has 0 fully saturated rings. The number of aryl methyl sites for hydroxylation is 1. The van der Waals surface area contributed by atoms with Gasteiger partial charge in [0.15, 0.2) is 17.6 Å². The van der Waals surface area contributed by atoms with Crippen molar-refractivity contribution in [2.24, 2.45) is 0 Å². The number of H-pyrrole nitrogens is 1. The van der Waals surface area contributed by atoms with Gasteiger partial charge in [-0.05, 0) is 54.4 Å². The van der Waals surface area contributed by atoms with E-state index >= 15 is 0 Å². The second-order valence-corrected chi connectivity index (χ2v) is 9.89. The summed E-state index contributed by atoms with van der Waals surface area (Å²) >= 11 is 12.6. The number of thiophene rings is 1. The third kappa shape index (κ3) is 6.19. The first-order chi connectivity index (χ1) is 18.0. The van der Waals surface area contributed by atoms with Gasteiger partial charge in [-0.2, -0.15) is 13.2 Å². The molecule has 7 nitrogen and oxygen atoms in total. The molecule has 0 amide bonds. The first-order valence-electron chi connectivity index (χ1n) is 10.6. The Balaban J connectivity index is 1.85. The van der Waals surface area contributed by atoms with Gasteiger partial charge in [0.2, 0.25) is 0 Å². The van der Waals surface area contributed by atoms with E-state index in [-0.39, 0.29) is 47.8 Å². The van der Waals surface area contributed by atoms with Gasteiger partial charge in [-0.25, -0.2) is 4.79 Å². The van der Waals surface area contributed by atoms with Crippen molar-refractivity contribution in [1.29, 1.82) is 0 Å². The lowest BCUT2D eigenvalue weighted by Crippen LogP contribution is -2.38. The van der Waals surface area contributed by atoms with Crippen LogP contribution in [0.5, 0.6) is 17.2 Å². The molecule has 1 atom stereocenters. The normalized spacial score (nSPS) is 13.1. The van der Waals surface area contributed by atoms with Crippen LogP contribution in [0.25, 0.3) is 20.7 Å². The number of nitrogens with one attached hydrogen (secondary N) is 1. The third-order valence-corrected chi connectivity index (χ3v) is 7.24. The van der Waals surface area contributed by atoms with Crippen LogP contribution in [0, 0.1) is 6.92 Å². The maximum atomic E-state index is 13.2. The number of hydrogen-bond donors (Lipinski definition) is 2. The van der Waals surface area contributed by atoms with E-state index in [1.807, 2.05) is 4.98 Å². The van der Waals surface area contributed by atoms with E-state index < -0.39 is 42.2 Å². The molecule has 0 saturated carbocycles. The molecule has 2 aromatic heterocycles. The van der Waals surface area contributed by atoms with Crippen molar-refractivity contribution in [1.82, 2.24) is 9.55 Å². The van der Waals surface area contributed by atoms with Crippen LogP contribution in [0.2, 0.25) is 10.0 Å². The largest absolute Gasteiger partial charge is 0.573 e. The number of nitrogens with zero attached hydrogens (tertiary/aromatic N) is 1. The third-order valence-electron chi connectivity index (χ3n) is 5.34. The molecule has 0 aliphatic carbocycles. The van der Waals surface area contributed by atoms with Crippen LogP contribution in [-0.2, 0) is 6.54 Å². The number of aliphatic hydroxyl groups excluding tert-OH is 1. The number of halogens is 8. The van der Waals surface area contributed by atoms with Crippen molar-refractivity contribution < 1.29 is 40.9 Å². The van der Waals surface area contributed by atoms with Gasteiger partial charge in [0.25, 0.3) is 5.56 Å². The molecule has 39 heavy (non-hydrogen) atoms. The van der Waals surface area contributed by atoms with Gasteiger partial charge < -0.3 is 14.6 Å². The molecule has 2 heterocycles. The zero-order valence-electron chi connectivity index (χ0n) is 19.2. The van der Waals surface area contributed by atoms with Crippen molar-refractivity contribution in [2.75, 3.05) is 0 Å². The quantitative estimate of drug-likeness (QED) is 0.237. The molecule has 0 radical (unpaired) electrons. The Morgan fingerprint density at radius 3 is 2.31 bits per heavy atom. The predicted molar refractivity (Wildman–Crippen MR) is 132 cm³/mol. The molecule has 2 aromatic carbocycles. The highest BCUT2D eigenvalue weighted by Crippen LogP contribution is 2.43. The molecule has 0 aliphatic rings. The van der Waals surface area contributed by atoms with Crippen LogP contribution in [0.15, 0.2) is 46.0 Å². The molecular formula is C23H14Cl2F6N2O5S. The first-order valence-corrected chi connectivity index (χ1v) is 12.2. The van der Waals surface area contributed by atoms with Crippen molar-refractivity contribution in [3.8, 4) is 27.7 Å². The lowest BCUT2D eigenvalue weighted by Gasteiger charge is -2.16. The summed E-state index contributed by atoms with van der Waals surface area (Å²) in [7, 11) is 0. The van der Waals surface area contributed by atoms with E-state index in [0.29, 0.717) is 15.9 Å². The maximum Gasteiger partial charge on any atom is 0.573 e. The van der Waals surface area contributed by atoms with Gasteiger partial charge in [-0.15, -0.1) is 24.5 Å². The Bertz CT molecular complexity index is 1680. The summed E-state index contributed by atoms with van der Waals surface area (Å²) in [6.07, 6.45) is -13.1. The molecule has 2 N–H and O–H groups in total. The molecule has 0 aliphatic heterocycles. The van der Waals surface area contributed by atoms with Gasteiger partial charge in [-0.1, -0.05) is 23.2 Å². The molecule has 4 rings (SSSR count). The average molecular weight is 615 g/mol. The van der Waals surface area contributed by atoms with Gasteiger partial charge in [0.05, 0.1) is 17.0 Å². The molecule has 208 valence electrons. The number of benzene rings is 2. The maximum absolute atomic E-state index is 13.2. The van der Waals surface area contributed by atoms with E-state index in [0.717, 1.165) is 12.1 Å². The number of ether oxygens (including phenoxy) is 2. The van der Waals surface area contributed by atoms with Crippen molar-refractivity contribution in [3.63, 3.8) is 0 Å². The second kappa shape index (κ2) is 10.4. The zero-order chi connectivity index (χ0) is 28.9. The molecule has 0 spiro atoms. The minimum Gasteiger partial charge on any atom is -0.452 e. The Kier molecular flexibility index (Phi) is 7.69. The van der Waals surface area contributed by atoms with Crippen molar-refractivity contribution in [2.45, 2.75) is 32.1 Å². The van der Waals surface area contributed by atoms with Gasteiger partial charge in [-0.3, -0.25) is 14.3 Å². The van der Waals surface area contributed by atoms with Gasteiger partial charge in [0.1, 0.15) is 10.6 Å². The molecule has 0 saturated heterocycles. The van der Waals surface area contributed by atoms with E-state index in [1.54, 1.807) is 0 Å². The fourth-order valence-corrected chi connectivity index (χ4v) is 5.36. The average Bonchev–Trinajstić information content (AvgIpc) is 3.15. The number of alkyl halides is 6. The number of aliphatic hydroxyl groups is 1. The zero-order valence-corrected chi connectivity index (χ0v) is 21.5. The number of aromatic nitrogens is 2. The summed E-state index contributed by atoms with van der Waals surface area (Å²) in [5.41, 5.74) is -1.89. The van der Waals surface area contributed by atoms with E-state index in [4.69, 9.17) is 27.9 Å². The highest BCUT2D eigenvalue weighted by molar-refractivity contribution is 7.22. The summed E-state index contributed by atoms with van der Waals surface area (Å²) in [6.45, 7) is 0.187. The number of rotatable bonds is 6. The van der Waals surface area contributed by atoms with Crippen LogP contribution in [0.1, 0.15) is 5.56 Å². The van der Waals surface area contributed by atoms with E-state index in [2.05, 4.69) is 4.74 Å². The Labute approximate surface area is 227 Å². The minimum atomic E-state index is -5.14. The number of fused-ring (bicyclic) bond motifs is 1. The standard InChI is InChI=1S/C23H14Cl2F6N2O5S/c1-9-17-19(35)32-21(36)33(8-16(34)22(26,27)28)20(17)39-18(9)10-2-4-14(15(6-10)38-23(29,30)31)37-13-5-3-11(24)7-12(13)25/h2-7,16,34H,8H2,1H3,(H,32,35,36)/t16-/m1/s1. The number of hydrogen-bond acceptors (Lipinski definition) is 6. The van der Waals surface area contributed by atoms with Crippen LogP contribution >= 0.6 is 34.5 Å². The smallest absolute Gasteiger partial charge is 0.452 e. The summed E-state index contributed by atoms with van der Waals surface area (Å²) in [4.78, 5) is 26.6. The Morgan fingerprint density at radius 1 is 1.03 bits per heavy atom. The monoisotopic (exact) mass is 614 g/mol. The molecule has 0 unspecified atom stereocenters. The van der Waals surface area contributed by atoms with E-state index in [9.17, 15) is 41.0 Å². The molecule has 16 heteroatoms. The summed E-state index contributed by atoms with van der Waals surface area (Å²) in [5, 5.41) is 9.58. The molecular weight excluding hydrogens is 601 g/mol. The SMILES string of the molecule is Cc1c(-c2ccc(Oc3ccc(Cl)cc3Cl)c(OC(F)(F)F)c2)sc2c1c(=O)[nH]c(=O)n2C[C@@H](O)C(F)(F)F. The minimum absolute atomic E-state index is 0.00290. The summed E-state index contributed by atoms with van der Waals surface area (Å²) < 4.78 is 88.7. The van der Waals surface area contributed by atoms with Gasteiger partial charge >= 0.3 is 18.2 Å². The fraction of sp³-hybridized carbons (Fsp3) is 0.217. The lowest BCUT2D eigenvalue weighted by atomic mass is 10.1. The van der Waals surface area contributed by atoms with Crippen LogP contribution in [-0.4, -0.2) is 33.3 Å². The van der Waals surface area contributed by atoms with Crippen LogP contribution < -0.4 is 20.7 Å². The summed E-state index contributed by atoms with van der Waals surface area (Å²) in [6, 6.07) is 7.44. The first kappa shape index (κ1) is 28.8. The highest BCUT2D eigenvalue weighted by atomic mass is 35.5. The second-order valence-electron chi connectivity index (χ2n) is 8.05. The van der Waals surface area contributed by atoms with Crippen LogP contribution in [0.3, 0.4) is 0 Å². The lowest BCUT2D eigenvalue weighted by molar-refractivity contribution is -0.275. The van der Waals surface area contributed by atoms with Crippen molar-refractivity contribution >= 4 is 44.8 Å². The fourth-order valence-electron chi connectivity index (χ4n) is 3.61. The van der Waals surface area contributed by atoms with Crippen LogP contribution in [0.4, 0.5) is 26.3 Å². The molecule has 0 bridgehead atoms. The highest BCUT2D eigenvalue weighted by Gasteiger charge is 2.39. The Morgan fingerprint density at radius 2 is 1.69 bits per heavy atom. The molecule has 4 aromatic rings. The topological polar surface area (TPSA) is 93.5 Å². The number of aromatic amines is 1. The summed E-state index contributed by atoms with van der Waals surface area (Å²) in [5.74, 6) is -1.21. The van der Waals surface area contributed by atoms with E-state index in [1.165, 1.54) is 31.2 Å². The van der Waals surface area contributed by atoms with Gasteiger partial charge in [0, 0.05) is 9.90 Å².